The van der Waals surface area contributed by atoms with Gasteiger partial charge in [-0.15, -0.1) is 0 Å². The number of anilines is 2. The predicted octanol–water partition coefficient (Wildman–Crippen LogP) is 2.69. The monoisotopic (exact) mass is 311 g/mol. The summed E-state index contributed by atoms with van der Waals surface area (Å²) >= 11 is 0. The first-order chi connectivity index (χ1) is 11.2. The number of carbonyl (C=O) groups is 1. The minimum Gasteiger partial charge on any atom is -0.338 e. The van der Waals surface area contributed by atoms with E-state index < -0.39 is 0 Å². The second kappa shape index (κ2) is 6.64. The maximum absolute atomic E-state index is 12.3. The van der Waals surface area contributed by atoms with Crippen LogP contribution in [0.5, 0.6) is 0 Å². The number of urea groups is 1. The molecule has 6 heteroatoms. The normalized spacial score (nSPS) is 13.1. The molecule has 2 aromatic rings. The molecule has 0 saturated carbocycles. The highest BCUT2D eigenvalue weighted by atomic mass is 16.2. The predicted molar refractivity (Wildman–Crippen MR) is 90.4 cm³/mol. The molecule has 1 aliphatic rings. The highest BCUT2D eigenvalue weighted by Crippen LogP contribution is 2.33. The average molecular weight is 311 g/mol. The van der Waals surface area contributed by atoms with Gasteiger partial charge in [0.05, 0.1) is 6.20 Å². The van der Waals surface area contributed by atoms with Crippen molar-refractivity contribution in [1.29, 1.82) is 0 Å². The number of amides is 2. The molecule has 23 heavy (non-hydrogen) atoms. The van der Waals surface area contributed by atoms with Crippen LogP contribution in [-0.2, 0) is 6.54 Å². The molecule has 1 aliphatic heterocycles. The molecule has 1 aromatic carbocycles. The molecular formula is C17H21N5O. The van der Waals surface area contributed by atoms with Gasteiger partial charge in [0.15, 0.2) is 5.82 Å². The van der Waals surface area contributed by atoms with Crippen LogP contribution < -0.4 is 15.1 Å². The topological polar surface area (TPSA) is 61.4 Å². The fourth-order valence-corrected chi connectivity index (χ4v) is 2.60. The van der Waals surface area contributed by atoms with Gasteiger partial charge in [0.2, 0.25) is 0 Å². The zero-order chi connectivity index (χ0) is 16.2. The first kappa shape index (κ1) is 15.3. The van der Waals surface area contributed by atoms with Crippen molar-refractivity contribution in [2.75, 3.05) is 23.0 Å². The van der Waals surface area contributed by atoms with E-state index in [0.717, 1.165) is 17.9 Å². The second-order valence-corrected chi connectivity index (χ2v) is 5.72. The SMILES string of the molecule is CCCNC(=O)N1CN(Cc2ccc(C)cc2)c2ncncc21. The number of aryl methyl sites for hydroxylation is 1. The summed E-state index contributed by atoms with van der Waals surface area (Å²) in [6, 6.07) is 8.30. The Balaban J connectivity index is 1.80. The van der Waals surface area contributed by atoms with Crippen molar-refractivity contribution in [2.45, 2.75) is 26.8 Å². The van der Waals surface area contributed by atoms with E-state index in [0.29, 0.717) is 19.8 Å². The first-order valence-electron chi connectivity index (χ1n) is 7.85. The number of nitrogens with zero attached hydrogens (tertiary/aromatic N) is 4. The van der Waals surface area contributed by atoms with Crippen LogP contribution in [-0.4, -0.2) is 29.2 Å². The molecule has 1 N–H and O–H groups in total. The van der Waals surface area contributed by atoms with Crippen LogP contribution in [0.1, 0.15) is 24.5 Å². The van der Waals surface area contributed by atoms with Gasteiger partial charge in [-0.3, -0.25) is 4.90 Å². The largest absolute Gasteiger partial charge is 0.338 e. The Morgan fingerprint density at radius 2 is 2.09 bits per heavy atom. The molecule has 0 bridgehead atoms. The zero-order valence-electron chi connectivity index (χ0n) is 13.5. The fraction of sp³-hybridized carbons (Fsp3) is 0.353. The Morgan fingerprint density at radius 1 is 1.30 bits per heavy atom. The van der Waals surface area contributed by atoms with Crippen molar-refractivity contribution >= 4 is 17.5 Å². The molecule has 0 spiro atoms. The van der Waals surface area contributed by atoms with E-state index in [9.17, 15) is 4.79 Å². The Labute approximate surface area is 136 Å². The van der Waals surface area contributed by atoms with Crippen molar-refractivity contribution in [2.24, 2.45) is 0 Å². The smallest absolute Gasteiger partial charge is 0.323 e. The zero-order valence-corrected chi connectivity index (χ0v) is 13.5. The van der Waals surface area contributed by atoms with Gasteiger partial charge in [-0.05, 0) is 18.9 Å². The number of rotatable bonds is 4. The number of fused-ring (bicyclic) bond motifs is 1. The third kappa shape index (κ3) is 3.26. The average Bonchev–Trinajstić information content (AvgIpc) is 2.94. The van der Waals surface area contributed by atoms with Crippen molar-refractivity contribution in [3.8, 4) is 0 Å². The third-order valence-electron chi connectivity index (χ3n) is 3.84. The maximum Gasteiger partial charge on any atom is 0.323 e. The summed E-state index contributed by atoms with van der Waals surface area (Å²) in [7, 11) is 0. The number of hydrogen-bond donors (Lipinski definition) is 1. The highest BCUT2D eigenvalue weighted by molar-refractivity contribution is 5.97. The lowest BCUT2D eigenvalue weighted by atomic mass is 10.1. The Hall–Kier alpha value is -2.63. The van der Waals surface area contributed by atoms with E-state index in [2.05, 4.69) is 51.4 Å². The summed E-state index contributed by atoms with van der Waals surface area (Å²) < 4.78 is 0. The van der Waals surface area contributed by atoms with Gasteiger partial charge in [-0.2, -0.15) is 0 Å². The van der Waals surface area contributed by atoms with Crippen LogP contribution in [0.3, 0.4) is 0 Å². The number of nitrogens with one attached hydrogen (secondary N) is 1. The van der Waals surface area contributed by atoms with Gasteiger partial charge in [0, 0.05) is 13.1 Å². The van der Waals surface area contributed by atoms with E-state index in [1.165, 1.54) is 17.5 Å². The standard InChI is InChI=1S/C17H21N5O/c1-3-8-19-17(23)22-12-21(16-15(22)9-18-11-20-16)10-14-6-4-13(2)5-7-14/h4-7,9,11H,3,8,10,12H2,1-2H3,(H,19,23). The summed E-state index contributed by atoms with van der Waals surface area (Å²) in [5.74, 6) is 0.798. The van der Waals surface area contributed by atoms with Crippen LogP contribution in [0.15, 0.2) is 36.8 Å². The van der Waals surface area contributed by atoms with Crippen LogP contribution in [0.2, 0.25) is 0 Å². The number of aromatic nitrogens is 2. The first-order valence-corrected chi connectivity index (χ1v) is 7.85. The van der Waals surface area contributed by atoms with E-state index in [4.69, 9.17) is 0 Å². The summed E-state index contributed by atoms with van der Waals surface area (Å²) in [4.78, 5) is 24.5. The number of hydrogen-bond acceptors (Lipinski definition) is 4. The Bertz CT molecular complexity index is 686. The lowest BCUT2D eigenvalue weighted by molar-refractivity contribution is 0.246. The molecule has 0 radical (unpaired) electrons. The van der Waals surface area contributed by atoms with Crippen LogP contribution in [0.4, 0.5) is 16.3 Å². The molecule has 2 heterocycles. The van der Waals surface area contributed by atoms with Gasteiger partial charge >= 0.3 is 6.03 Å². The van der Waals surface area contributed by atoms with Crippen molar-refractivity contribution in [1.82, 2.24) is 15.3 Å². The Kier molecular flexibility index (Phi) is 4.41. The van der Waals surface area contributed by atoms with E-state index in [1.54, 1.807) is 11.1 Å². The third-order valence-corrected chi connectivity index (χ3v) is 3.84. The molecule has 3 rings (SSSR count). The van der Waals surface area contributed by atoms with Gasteiger partial charge < -0.3 is 10.2 Å². The lowest BCUT2D eigenvalue weighted by Gasteiger charge is -2.20. The summed E-state index contributed by atoms with van der Waals surface area (Å²) in [6.07, 6.45) is 4.13. The molecule has 1 aromatic heterocycles. The molecule has 120 valence electrons. The van der Waals surface area contributed by atoms with Crippen LogP contribution in [0, 0.1) is 6.92 Å². The van der Waals surface area contributed by atoms with Gasteiger partial charge in [-0.1, -0.05) is 36.8 Å². The highest BCUT2D eigenvalue weighted by Gasteiger charge is 2.31. The van der Waals surface area contributed by atoms with E-state index >= 15 is 0 Å². The van der Waals surface area contributed by atoms with Crippen molar-refractivity contribution in [3.05, 3.63) is 47.9 Å². The Morgan fingerprint density at radius 3 is 2.83 bits per heavy atom. The molecule has 6 nitrogen and oxygen atoms in total. The fourth-order valence-electron chi connectivity index (χ4n) is 2.60. The minimum atomic E-state index is -0.102. The van der Waals surface area contributed by atoms with Crippen LogP contribution >= 0.6 is 0 Å². The van der Waals surface area contributed by atoms with Gasteiger partial charge in [0.25, 0.3) is 0 Å². The second-order valence-electron chi connectivity index (χ2n) is 5.72. The summed E-state index contributed by atoms with van der Waals surface area (Å²) in [5, 5.41) is 2.91. The van der Waals surface area contributed by atoms with Gasteiger partial charge in [-0.25, -0.2) is 14.8 Å². The molecule has 0 fully saturated rings. The summed E-state index contributed by atoms with van der Waals surface area (Å²) in [6.45, 7) is 5.96. The van der Waals surface area contributed by atoms with Gasteiger partial charge in [0.1, 0.15) is 18.7 Å². The van der Waals surface area contributed by atoms with E-state index in [1.807, 2.05) is 6.92 Å². The molecule has 0 atom stereocenters. The quantitative estimate of drug-likeness (QED) is 0.943. The molecule has 2 amide bonds. The molecular weight excluding hydrogens is 290 g/mol. The molecule has 0 saturated heterocycles. The molecule has 0 unspecified atom stereocenters. The van der Waals surface area contributed by atoms with E-state index in [-0.39, 0.29) is 6.03 Å². The van der Waals surface area contributed by atoms with Crippen LogP contribution in [0.25, 0.3) is 0 Å². The minimum absolute atomic E-state index is 0.102. The van der Waals surface area contributed by atoms with Crippen molar-refractivity contribution < 1.29 is 4.79 Å². The number of carbonyl (C=O) groups excluding carboxylic acids is 1. The maximum atomic E-state index is 12.3. The molecule has 0 aliphatic carbocycles. The number of benzene rings is 1. The van der Waals surface area contributed by atoms with Crippen molar-refractivity contribution in [3.63, 3.8) is 0 Å². The summed E-state index contributed by atoms with van der Waals surface area (Å²) in [5.41, 5.74) is 3.18. The lowest BCUT2D eigenvalue weighted by Crippen LogP contribution is -2.42.